The number of likely N-dealkylation sites (N-methyl/N-ethyl adjacent to an activating group) is 1. The highest BCUT2D eigenvalue weighted by atomic mass is 35.5. The molecule has 29 heavy (non-hydrogen) atoms. The number of carbonyl (C=O) groups is 2. The maximum absolute atomic E-state index is 13.0. The third-order valence-corrected chi connectivity index (χ3v) is 6.08. The van der Waals surface area contributed by atoms with Crippen LogP contribution in [-0.2, 0) is 16.0 Å². The Morgan fingerprint density at radius 2 is 1.79 bits per heavy atom. The van der Waals surface area contributed by atoms with Crippen molar-refractivity contribution in [3.63, 3.8) is 0 Å². The Balaban J connectivity index is 1.93. The summed E-state index contributed by atoms with van der Waals surface area (Å²) in [6.07, 6.45) is 2.53. The first-order valence-corrected chi connectivity index (χ1v) is 11.3. The molecule has 0 unspecified atom stereocenters. The van der Waals surface area contributed by atoms with Crippen LogP contribution in [0.4, 0.5) is 0 Å². The Hall–Kier alpha value is -1.98. The summed E-state index contributed by atoms with van der Waals surface area (Å²) in [5.74, 6) is 0.772. The Morgan fingerprint density at radius 3 is 2.41 bits per heavy atom. The lowest BCUT2D eigenvalue weighted by atomic mass is 10.1. The number of nitrogens with zero attached hydrogens (tertiary/aromatic N) is 1. The van der Waals surface area contributed by atoms with Crippen molar-refractivity contribution in [2.45, 2.75) is 43.5 Å². The van der Waals surface area contributed by atoms with E-state index in [1.165, 1.54) is 0 Å². The zero-order valence-corrected chi connectivity index (χ0v) is 18.6. The maximum atomic E-state index is 13.0. The molecule has 1 atom stereocenters. The van der Waals surface area contributed by atoms with Crippen LogP contribution in [0.15, 0.2) is 59.5 Å². The molecule has 0 radical (unpaired) electrons. The maximum Gasteiger partial charge on any atom is 0.242 e. The molecule has 156 valence electrons. The second-order valence-electron chi connectivity index (χ2n) is 6.77. The molecule has 0 heterocycles. The Labute approximate surface area is 183 Å². The zero-order chi connectivity index (χ0) is 21.1. The second-order valence-corrected chi connectivity index (χ2v) is 8.37. The summed E-state index contributed by atoms with van der Waals surface area (Å²) in [6, 6.07) is 17.3. The van der Waals surface area contributed by atoms with Gasteiger partial charge in [-0.2, -0.15) is 0 Å². The molecule has 1 N–H and O–H groups in total. The van der Waals surface area contributed by atoms with Crippen LogP contribution in [0.5, 0.6) is 0 Å². The van der Waals surface area contributed by atoms with E-state index in [2.05, 4.69) is 5.32 Å². The third-order valence-electron chi connectivity index (χ3n) is 4.73. The number of halogens is 1. The van der Waals surface area contributed by atoms with Gasteiger partial charge in [0, 0.05) is 29.9 Å². The predicted octanol–water partition coefficient (Wildman–Crippen LogP) is 4.81. The first-order chi connectivity index (χ1) is 14.0. The highest BCUT2D eigenvalue weighted by Gasteiger charge is 2.27. The average Bonchev–Trinajstić information content (AvgIpc) is 2.75. The fourth-order valence-corrected chi connectivity index (χ4v) is 4.13. The molecule has 0 aliphatic rings. The van der Waals surface area contributed by atoms with Crippen LogP contribution in [0.3, 0.4) is 0 Å². The lowest BCUT2D eigenvalue weighted by Gasteiger charge is -2.30. The summed E-state index contributed by atoms with van der Waals surface area (Å²) in [5.41, 5.74) is 1.16. The topological polar surface area (TPSA) is 49.4 Å². The van der Waals surface area contributed by atoms with Gasteiger partial charge in [0.15, 0.2) is 0 Å². The average molecular weight is 433 g/mol. The highest BCUT2D eigenvalue weighted by molar-refractivity contribution is 7.99. The lowest BCUT2D eigenvalue weighted by Crippen LogP contribution is -2.49. The second kappa shape index (κ2) is 12.6. The van der Waals surface area contributed by atoms with Crippen molar-refractivity contribution in [3.8, 4) is 0 Å². The van der Waals surface area contributed by atoms with Crippen LogP contribution < -0.4 is 5.32 Å². The number of carbonyl (C=O) groups excluding carboxylic acids is 2. The normalized spacial score (nSPS) is 11.7. The van der Waals surface area contributed by atoms with Gasteiger partial charge in [-0.15, -0.1) is 11.8 Å². The number of hydrogen-bond acceptors (Lipinski definition) is 3. The highest BCUT2D eigenvalue weighted by Crippen LogP contribution is 2.22. The van der Waals surface area contributed by atoms with E-state index in [4.69, 9.17) is 11.6 Å². The van der Waals surface area contributed by atoms with Gasteiger partial charge in [-0.25, -0.2) is 0 Å². The van der Waals surface area contributed by atoms with E-state index < -0.39 is 6.04 Å². The van der Waals surface area contributed by atoms with Gasteiger partial charge >= 0.3 is 0 Å². The van der Waals surface area contributed by atoms with Gasteiger partial charge in [0.2, 0.25) is 11.8 Å². The molecule has 0 bridgehead atoms. The Bertz CT molecular complexity index is 768. The molecule has 2 amide bonds. The standard InChI is InChI=1S/C23H29ClN2O2S/c1-3-21(23(28)25-2)26(16-15-18-8-5-4-6-9-18)22(27)10-7-17-29-20-13-11-19(24)12-14-20/h4-6,8-9,11-14,21H,3,7,10,15-17H2,1-2H3,(H,25,28)/t21-/m1/s1. The Morgan fingerprint density at radius 1 is 1.10 bits per heavy atom. The minimum absolute atomic E-state index is 0.0353. The molecule has 0 saturated heterocycles. The molecule has 0 spiro atoms. The van der Waals surface area contributed by atoms with E-state index in [0.717, 1.165) is 34.1 Å². The van der Waals surface area contributed by atoms with Crippen LogP contribution >= 0.6 is 23.4 Å². The Kier molecular flexibility index (Phi) is 10.1. The molecule has 2 aromatic carbocycles. The molecule has 2 aromatic rings. The van der Waals surface area contributed by atoms with Crippen molar-refractivity contribution >= 4 is 35.2 Å². The number of thioether (sulfide) groups is 1. The summed E-state index contributed by atoms with van der Waals surface area (Å²) in [7, 11) is 1.62. The lowest BCUT2D eigenvalue weighted by molar-refractivity contribution is -0.140. The van der Waals surface area contributed by atoms with Gasteiger partial charge in [-0.1, -0.05) is 48.9 Å². The van der Waals surface area contributed by atoms with Crippen molar-refractivity contribution in [2.75, 3.05) is 19.3 Å². The van der Waals surface area contributed by atoms with E-state index in [0.29, 0.717) is 19.4 Å². The molecule has 0 fully saturated rings. The van der Waals surface area contributed by atoms with Gasteiger partial charge in [0.05, 0.1) is 0 Å². The van der Waals surface area contributed by atoms with Crippen molar-refractivity contribution < 1.29 is 9.59 Å². The zero-order valence-electron chi connectivity index (χ0n) is 17.1. The van der Waals surface area contributed by atoms with Crippen LogP contribution in [-0.4, -0.2) is 42.1 Å². The van der Waals surface area contributed by atoms with Crippen LogP contribution in [0.2, 0.25) is 5.02 Å². The van der Waals surface area contributed by atoms with Crippen molar-refractivity contribution in [1.29, 1.82) is 0 Å². The van der Waals surface area contributed by atoms with Crippen LogP contribution in [0, 0.1) is 0 Å². The van der Waals surface area contributed by atoms with Crippen molar-refractivity contribution in [2.24, 2.45) is 0 Å². The van der Waals surface area contributed by atoms with E-state index in [1.807, 2.05) is 61.5 Å². The van der Waals surface area contributed by atoms with Crippen molar-refractivity contribution in [1.82, 2.24) is 10.2 Å². The third kappa shape index (κ3) is 7.75. The van der Waals surface area contributed by atoms with Gasteiger partial charge in [-0.05, 0) is 54.8 Å². The number of nitrogens with one attached hydrogen (secondary N) is 1. The number of rotatable bonds is 11. The summed E-state index contributed by atoms with van der Waals surface area (Å²) < 4.78 is 0. The molecular formula is C23H29ClN2O2S. The summed E-state index contributed by atoms with van der Waals surface area (Å²) >= 11 is 7.62. The molecule has 0 aromatic heterocycles. The van der Waals surface area contributed by atoms with Gasteiger partial charge in [-0.3, -0.25) is 9.59 Å². The fraction of sp³-hybridized carbons (Fsp3) is 0.391. The number of benzene rings is 2. The smallest absolute Gasteiger partial charge is 0.242 e. The monoisotopic (exact) mass is 432 g/mol. The quantitative estimate of drug-likeness (QED) is 0.409. The SMILES string of the molecule is CC[C@H](C(=O)NC)N(CCc1ccccc1)C(=O)CCCSc1ccc(Cl)cc1. The molecule has 0 aliphatic heterocycles. The van der Waals surface area contributed by atoms with Gasteiger partial charge in [0.1, 0.15) is 6.04 Å². The molecule has 4 nitrogen and oxygen atoms in total. The van der Waals surface area contributed by atoms with Crippen LogP contribution in [0.25, 0.3) is 0 Å². The first-order valence-electron chi connectivity index (χ1n) is 9.98. The number of amides is 2. The molecule has 6 heteroatoms. The first kappa shape index (κ1) is 23.3. The predicted molar refractivity (Wildman–Crippen MR) is 121 cm³/mol. The molecule has 0 aliphatic carbocycles. The van der Waals surface area contributed by atoms with Crippen molar-refractivity contribution in [3.05, 3.63) is 65.2 Å². The van der Waals surface area contributed by atoms with E-state index in [-0.39, 0.29) is 11.8 Å². The van der Waals surface area contributed by atoms with E-state index in [1.54, 1.807) is 23.7 Å². The minimum atomic E-state index is -0.430. The van der Waals surface area contributed by atoms with E-state index >= 15 is 0 Å². The number of hydrogen-bond donors (Lipinski definition) is 1. The van der Waals surface area contributed by atoms with Crippen LogP contribution in [0.1, 0.15) is 31.7 Å². The summed E-state index contributed by atoms with van der Waals surface area (Å²) in [5, 5.41) is 3.42. The van der Waals surface area contributed by atoms with Gasteiger partial charge < -0.3 is 10.2 Å². The molecule has 2 rings (SSSR count). The summed E-state index contributed by atoms with van der Waals surface area (Å²) in [6.45, 7) is 2.48. The largest absolute Gasteiger partial charge is 0.357 e. The molecule has 0 saturated carbocycles. The minimum Gasteiger partial charge on any atom is -0.357 e. The fourth-order valence-electron chi connectivity index (χ4n) is 3.15. The molecular weight excluding hydrogens is 404 g/mol. The van der Waals surface area contributed by atoms with Gasteiger partial charge in [0.25, 0.3) is 0 Å². The summed E-state index contributed by atoms with van der Waals surface area (Å²) in [4.78, 5) is 28.2. The van der Waals surface area contributed by atoms with E-state index in [9.17, 15) is 9.59 Å².